The van der Waals surface area contributed by atoms with E-state index in [-0.39, 0.29) is 40.8 Å². The molecule has 5 heteroatoms. The molecule has 1 fully saturated rings. The first-order chi connectivity index (χ1) is 9.62. The minimum Gasteiger partial charge on any atom is -0.660 e. The van der Waals surface area contributed by atoms with Gasteiger partial charge in [-0.2, -0.15) is 0 Å². The molecule has 1 heterocycles. The van der Waals surface area contributed by atoms with Crippen LogP contribution >= 0.6 is 0 Å². The van der Waals surface area contributed by atoms with E-state index in [9.17, 15) is 0 Å². The van der Waals surface area contributed by atoms with Gasteiger partial charge in [0.15, 0.2) is 0 Å². The molecule has 0 amide bonds. The summed E-state index contributed by atoms with van der Waals surface area (Å²) < 4.78 is 0. The van der Waals surface area contributed by atoms with Gasteiger partial charge in [0.2, 0.25) is 0 Å². The average molecular weight is 401 g/mol. The van der Waals surface area contributed by atoms with E-state index >= 15 is 0 Å². The Morgan fingerprint density at radius 1 is 0.875 bits per heavy atom. The standard InChI is InChI=1S/C18H40N3Si.CH3.Co/c1-14-11-15(2)20-18(7,8)13-22(9,10)21-17(5,6)12-16(3,4)19-14;;/h14-15,19-20H,11-13H2,1-10H3;1H3;/q2*-1;+2. The molecule has 0 spiro atoms. The van der Waals surface area contributed by atoms with Gasteiger partial charge in [0.05, 0.1) is 0 Å². The predicted octanol–water partition coefficient (Wildman–Crippen LogP) is 5.10. The Morgan fingerprint density at radius 2 is 1.29 bits per heavy atom. The first-order valence-electron chi connectivity index (χ1n) is 8.91. The van der Waals surface area contributed by atoms with Crippen molar-refractivity contribution in [2.45, 2.75) is 116 Å². The molecule has 0 aliphatic carbocycles. The first kappa shape index (κ1) is 26.8. The topological polar surface area (TPSA) is 38.2 Å². The predicted molar refractivity (Wildman–Crippen MR) is 109 cm³/mol. The van der Waals surface area contributed by atoms with Crippen molar-refractivity contribution >= 4 is 8.24 Å². The fourth-order valence-corrected chi connectivity index (χ4v) is 9.21. The summed E-state index contributed by atoms with van der Waals surface area (Å²) in [5, 5.41) is 7.68. The molecule has 1 saturated heterocycles. The summed E-state index contributed by atoms with van der Waals surface area (Å²) in [6.07, 6.45) is 2.25. The van der Waals surface area contributed by atoms with Crippen molar-refractivity contribution in [2.75, 3.05) is 0 Å². The van der Waals surface area contributed by atoms with Crippen LogP contribution in [0, 0.1) is 7.43 Å². The van der Waals surface area contributed by atoms with Crippen molar-refractivity contribution in [2.24, 2.45) is 0 Å². The van der Waals surface area contributed by atoms with Crippen LogP contribution in [0.5, 0.6) is 0 Å². The van der Waals surface area contributed by atoms with Crippen molar-refractivity contribution in [3.63, 3.8) is 0 Å². The van der Waals surface area contributed by atoms with Gasteiger partial charge in [0.25, 0.3) is 0 Å². The monoisotopic (exact) mass is 400 g/mol. The average Bonchev–Trinajstić information content (AvgIpc) is 2.03. The summed E-state index contributed by atoms with van der Waals surface area (Å²) in [5.74, 6) is 0. The van der Waals surface area contributed by atoms with Crippen LogP contribution in [0.3, 0.4) is 0 Å². The van der Waals surface area contributed by atoms with Gasteiger partial charge < -0.3 is 23.0 Å². The van der Waals surface area contributed by atoms with Crippen LogP contribution in [-0.2, 0) is 16.8 Å². The van der Waals surface area contributed by atoms with Crippen LogP contribution in [0.4, 0.5) is 0 Å². The van der Waals surface area contributed by atoms with Crippen LogP contribution in [0.2, 0.25) is 19.1 Å². The van der Waals surface area contributed by atoms with E-state index < -0.39 is 8.24 Å². The molecule has 0 aromatic carbocycles. The second-order valence-corrected chi connectivity index (χ2v) is 14.4. The van der Waals surface area contributed by atoms with Crippen LogP contribution in [0.25, 0.3) is 4.98 Å². The minimum atomic E-state index is -1.61. The molecule has 2 N–H and O–H groups in total. The maximum atomic E-state index is 5.37. The Hall–Kier alpha value is 0.603. The van der Waals surface area contributed by atoms with Crippen LogP contribution < -0.4 is 10.6 Å². The van der Waals surface area contributed by atoms with Crippen molar-refractivity contribution in [3.8, 4) is 0 Å². The number of hydrogen-bond donors (Lipinski definition) is 2. The Balaban J connectivity index is 0. The summed E-state index contributed by atoms with van der Waals surface area (Å²) in [7, 11) is -1.61. The summed E-state index contributed by atoms with van der Waals surface area (Å²) in [4.78, 5) is 5.37. The zero-order chi connectivity index (χ0) is 17.4. The Morgan fingerprint density at radius 3 is 1.75 bits per heavy atom. The van der Waals surface area contributed by atoms with Crippen molar-refractivity contribution < 1.29 is 16.8 Å². The van der Waals surface area contributed by atoms with Gasteiger partial charge in [-0.1, -0.05) is 41.2 Å². The normalized spacial score (nSPS) is 32.2. The second-order valence-electron chi connectivity index (χ2n) is 10.2. The molecular weight excluding hydrogens is 357 g/mol. The van der Waals surface area contributed by atoms with Crippen LogP contribution in [0.1, 0.15) is 68.2 Å². The van der Waals surface area contributed by atoms with Crippen molar-refractivity contribution in [3.05, 3.63) is 12.4 Å². The first-order valence-corrected chi connectivity index (χ1v) is 12.1. The summed E-state index contributed by atoms with van der Waals surface area (Å²) >= 11 is 0. The van der Waals surface area contributed by atoms with Gasteiger partial charge in [-0.15, -0.1) is 5.54 Å². The molecule has 1 aliphatic rings. The van der Waals surface area contributed by atoms with Crippen molar-refractivity contribution in [1.82, 2.24) is 10.6 Å². The summed E-state index contributed by atoms with van der Waals surface area (Å²) in [5.41, 5.74) is 0.307. The van der Waals surface area contributed by atoms with E-state index in [1.807, 2.05) is 0 Å². The van der Waals surface area contributed by atoms with Gasteiger partial charge >= 0.3 is 16.8 Å². The van der Waals surface area contributed by atoms with Crippen molar-refractivity contribution in [1.29, 1.82) is 0 Å². The molecular formula is C19H43CoN3Si. The van der Waals surface area contributed by atoms with E-state index in [2.05, 4.69) is 79.1 Å². The molecule has 2 unspecified atom stereocenters. The molecule has 147 valence electrons. The second kappa shape index (κ2) is 9.00. The molecule has 3 nitrogen and oxygen atoms in total. The number of rotatable bonds is 0. The third-order valence-electron chi connectivity index (χ3n) is 4.34. The largest absolute Gasteiger partial charge is 2.00 e. The molecule has 1 aliphatic heterocycles. The van der Waals surface area contributed by atoms with E-state index in [4.69, 9.17) is 4.98 Å². The smallest absolute Gasteiger partial charge is 0.660 e. The SMILES string of the molecule is CC1CC(C)NC(C)(C)C[Si](C)(C)[N-]C(C)(C)CC(C)(C)N1.[CH3-].[Co+2]. The zero-order valence-corrected chi connectivity index (χ0v) is 20.1. The molecule has 2 atom stereocenters. The van der Waals surface area contributed by atoms with Crippen LogP contribution in [-0.4, -0.2) is 36.9 Å². The van der Waals surface area contributed by atoms with Gasteiger partial charge in [-0.25, -0.2) is 0 Å². The summed E-state index contributed by atoms with van der Waals surface area (Å²) in [6, 6.07) is 2.22. The molecule has 0 aromatic rings. The van der Waals surface area contributed by atoms with Gasteiger partial charge in [-0.05, 0) is 54.4 Å². The molecule has 0 bridgehead atoms. The molecule has 24 heavy (non-hydrogen) atoms. The third kappa shape index (κ3) is 9.92. The maximum Gasteiger partial charge on any atom is 2.00 e. The van der Waals surface area contributed by atoms with Gasteiger partial charge in [0.1, 0.15) is 0 Å². The zero-order valence-electron chi connectivity index (χ0n) is 18.1. The van der Waals surface area contributed by atoms with Crippen LogP contribution in [0.15, 0.2) is 0 Å². The van der Waals surface area contributed by atoms with E-state index in [1.165, 1.54) is 6.04 Å². The van der Waals surface area contributed by atoms with E-state index in [1.54, 1.807) is 0 Å². The fraction of sp³-hybridized carbons (Fsp3) is 0.947. The van der Waals surface area contributed by atoms with Gasteiger partial charge in [0, 0.05) is 23.2 Å². The fourth-order valence-electron chi connectivity index (χ4n) is 5.15. The quantitative estimate of drug-likeness (QED) is 0.439. The number of nitrogens with one attached hydrogen (secondary N) is 2. The Bertz CT molecular complexity index is 347. The molecule has 0 aromatic heterocycles. The number of hydrogen-bond acceptors (Lipinski definition) is 2. The minimum absolute atomic E-state index is 0. The molecule has 0 saturated carbocycles. The Labute approximate surface area is 164 Å². The maximum absolute atomic E-state index is 5.37. The summed E-state index contributed by atoms with van der Waals surface area (Å²) in [6.45, 7) is 23.4. The molecule has 1 rings (SSSR count). The van der Waals surface area contributed by atoms with E-state index in [0.717, 1.165) is 12.8 Å². The Kier molecular flexibility index (Phi) is 10.1. The third-order valence-corrected chi connectivity index (χ3v) is 7.30. The number of nitrogens with zero attached hydrogens (tertiary/aromatic N) is 1. The van der Waals surface area contributed by atoms with E-state index in [0.29, 0.717) is 12.1 Å². The van der Waals surface area contributed by atoms with Gasteiger partial charge in [-0.3, -0.25) is 0 Å². The molecule has 1 radical (unpaired) electrons.